The average molecular weight is 825 g/mol. The topological polar surface area (TPSA) is 245 Å². The number of carbonyl (C=O) groups excluding carboxylic acids is 4. The van der Waals surface area contributed by atoms with Gasteiger partial charge in [0, 0.05) is 61.0 Å². The molecule has 1 saturated carbocycles. The minimum Gasteiger partial charge on any atom is -0.477 e. The summed E-state index contributed by atoms with van der Waals surface area (Å²) in [7, 11) is 0. The number of benzene rings is 3. The first kappa shape index (κ1) is 39.1. The maximum atomic E-state index is 14.3. The molecule has 8 rings (SSSR count). The van der Waals surface area contributed by atoms with Crippen molar-refractivity contribution in [1.82, 2.24) is 35.0 Å². The third-order valence-electron chi connectivity index (χ3n) is 11.1. The summed E-state index contributed by atoms with van der Waals surface area (Å²) in [6.07, 6.45) is 1.34. The summed E-state index contributed by atoms with van der Waals surface area (Å²) >= 11 is 6.32. The van der Waals surface area contributed by atoms with Crippen molar-refractivity contribution in [3.8, 4) is 5.69 Å². The summed E-state index contributed by atoms with van der Waals surface area (Å²) in [5, 5.41) is 46.6. The Kier molecular flexibility index (Phi) is 10.6. The molecule has 304 valence electrons. The number of tetrazole rings is 1. The van der Waals surface area contributed by atoms with Crippen LogP contribution in [0.4, 0.5) is 21.9 Å². The van der Waals surface area contributed by atoms with E-state index in [-0.39, 0.29) is 72.2 Å². The van der Waals surface area contributed by atoms with Crippen molar-refractivity contribution in [1.29, 1.82) is 0 Å². The Labute approximate surface area is 339 Å². The fourth-order valence-electron chi connectivity index (χ4n) is 8.15. The first-order valence-corrected chi connectivity index (χ1v) is 19.1. The number of aliphatic hydroxyl groups excluding tert-OH is 1. The minimum absolute atomic E-state index is 0.0261. The second kappa shape index (κ2) is 15.9. The van der Waals surface area contributed by atoms with Crippen molar-refractivity contribution in [2.45, 2.75) is 31.3 Å². The van der Waals surface area contributed by atoms with Crippen LogP contribution in [0.25, 0.3) is 16.6 Å². The summed E-state index contributed by atoms with van der Waals surface area (Å²) in [5.74, 6) is -3.73. The fourth-order valence-corrected chi connectivity index (χ4v) is 8.31. The van der Waals surface area contributed by atoms with E-state index in [1.165, 1.54) is 51.1 Å². The van der Waals surface area contributed by atoms with E-state index in [2.05, 4.69) is 26.2 Å². The normalized spacial score (nSPS) is 20.1. The van der Waals surface area contributed by atoms with Crippen LogP contribution >= 0.6 is 11.6 Å². The van der Waals surface area contributed by atoms with Crippen molar-refractivity contribution in [3.05, 3.63) is 89.3 Å². The Morgan fingerprint density at radius 2 is 1.68 bits per heavy atom. The molecule has 0 bridgehead atoms. The van der Waals surface area contributed by atoms with Crippen molar-refractivity contribution >= 4 is 75.3 Å². The molecule has 3 aromatic carbocycles. The number of carboxylic acid groups (broad SMARTS) is 2. The van der Waals surface area contributed by atoms with Gasteiger partial charge in [0.1, 0.15) is 18.1 Å². The summed E-state index contributed by atoms with van der Waals surface area (Å²) in [4.78, 5) is 83.7. The van der Waals surface area contributed by atoms with Gasteiger partial charge in [-0.05, 0) is 95.3 Å². The van der Waals surface area contributed by atoms with Gasteiger partial charge in [0.2, 0.25) is 11.8 Å². The van der Waals surface area contributed by atoms with Crippen LogP contribution in [0, 0.1) is 11.8 Å². The molecule has 19 nitrogen and oxygen atoms in total. The summed E-state index contributed by atoms with van der Waals surface area (Å²) in [5.41, 5.74) is 1.73. The van der Waals surface area contributed by atoms with E-state index >= 15 is 0 Å². The molecule has 59 heavy (non-hydrogen) atoms. The van der Waals surface area contributed by atoms with E-state index in [0.717, 1.165) is 12.8 Å². The van der Waals surface area contributed by atoms with Crippen molar-refractivity contribution < 1.29 is 44.1 Å². The standard InChI is InChI=1S/C39H37ClN10O9/c40-25-3-7-29(49-20-42-44-45-49)30(18-25)47-11-12-48(37(55)36(47)54)31(34(52)43-26-4-8-28-23(16-26)17-32(38(56)57)50(28)39(58)59)15-21-1-5-27(6-2-21)46-10-9-41-33(35(46)53)24-13-22(14-24)19-51/h1-8,16-18,20,22,24,31,33,41,51H,9-15,19H2,(H,43,52)(H,56,57)(H,58,59). The molecule has 2 aliphatic heterocycles. The average Bonchev–Trinajstić information content (AvgIpc) is 3.88. The van der Waals surface area contributed by atoms with Crippen LogP contribution in [0.5, 0.6) is 0 Å². The Bertz CT molecular complexity index is 2490. The second-order valence-electron chi connectivity index (χ2n) is 14.6. The number of amides is 4. The summed E-state index contributed by atoms with van der Waals surface area (Å²) < 4.78 is 1.95. The fraction of sp³-hybridized carbons (Fsp3) is 0.308. The predicted molar refractivity (Wildman–Crippen MR) is 211 cm³/mol. The van der Waals surface area contributed by atoms with E-state index in [9.17, 15) is 44.1 Å². The van der Waals surface area contributed by atoms with Crippen LogP contribution in [0.2, 0.25) is 5.02 Å². The monoisotopic (exact) mass is 824 g/mol. The summed E-state index contributed by atoms with van der Waals surface area (Å²) in [6.45, 7) is 1.05. The zero-order chi connectivity index (χ0) is 41.5. The van der Waals surface area contributed by atoms with Crippen molar-refractivity contribution in [2.75, 3.05) is 47.9 Å². The largest absolute Gasteiger partial charge is 0.477 e. The lowest BCUT2D eigenvalue weighted by atomic mass is 9.71. The molecule has 20 heteroatoms. The maximum absolute atomic E-state index is 14.3. The van der Waals surface area contributed by atoms with Gasteiger partial charge in [-0.15, -0.1) is 5.10 Å². The quantitative estimate of drug-likeness (QED) is 0.120. The third kappa shape index (κ3) is 7.46. The van der Waals surface area contributed by atoms with Gasteiger partial charge in [-0.25, -0.2) is 14.2 Å². The van der Waals surface area contributed by atoms with Crippen LogP contribution in [0.15, 0.2) is 73.1 Å². The van der Waals surface area contributed by atoms with Gasteiger partial charge in [-0.2, -0.15) is 4.68 Å². The Morgan fingerprint density at radius 3 is 2.37 bits per heavy atom. The molecule has 5 N–H and O–H groups in total. The van der Waals surface area contributed by atoms with Gasteiger partial charge in [-0.3, -0.25) is 19.2 Å². The van der Waals surface area contributed by atoms with Crippen LogP contribution in [-0.2, 0) is 25.6 Å². The van der Waals surface area contributed by atoms with Gasteiger partial charge in [-0.1, -0.05) is 23.7 Å². The van der Waals surface area contributed by atoms with Gasteiger partial charge in [0.25, 0.3) is 0 Å². The molecule has 2 saturated heterocycles. The molecule has 0 spiro atoms. The summed E-state index contributed by atoms with van der Waals surface area (Å²) in [6, 6.07) is 15.5. The molecule has 3 aliphatic rings. The SMILES string of the molecule is O=C(O)c1cc2cc(NC(=O)C(Cc3ccc(N4CCNC(C5CC(CO)C5)C4=O)cc3)N3CCN(c4cc(Cl)ccc4-n4cnnn4)C(=O)C3=O)ccc2n1C(=O)O. The highest BCUT2D eigenvalue weighted by atomic mass is 35.5. The number of hydrogen-bond donors (Lipinski definition) is 5. The number of hydrogen-bond acceptors (Lipinski definition) is 11. The van der Waals surface area contributed by atoms with E-state index < -0.39 is 41.5 Å². The third-order valence-corrected chi connectivity index (χ3v) is 11.4. The Hall–Kier alpha value is -6.70. The number of nitrogens with zero attached hydrogens (tertiary/aromatic N) is 8. The maximum Gasteiger partial charge on any atom is 0.416 e. The van der Waals surface area contributed by atoms with Crippen LogP contribution in [0.1, 0.15) is 28.9 Å². The second-order valence-corrected chi connectivity index (χ2v) is 15.1. The number of carbonyl (C=O) groups is 6. The van der Waals surface area contributed by atoms with E-state index in [0.29, 0.717) is 39.6 Å². The van der Waals surface area contributed by atoms with Gasteiger partial charge < -0.3 is 40.7 Å². The molecule has 4 amide bonds. The molecule has 2 unspecified atom stereocenters. The molecule has 0 radical (unpaired) electrons. The Morgan fingerprint density at radius 1 is 0.898 bits per heavy atom. The molecule has 3 fully saturated rings. The highest BCUT2D eigenvalue weighted by molar-refractivity contribution is 6.41. The molecular formula is C39H37ClN10O9. The number of halogens is 1. The van der Waals surface area contributed by atoms with E-state index in [4.69, 9.17) is 11.6 Å². The lowest BCUT2D eigenvalue weighted by Crippen LogP contribution is -2.60. The molecule has 2 aromatic heterocycles. The van der Waals surface area contributed by atoms with Gasteiger partial charge >= 0.3 is 23.9 Å². The predicted octanol–water partition coefficient (Wildman–Crippen LogP) is 2.24. The van der Waals surface area contributed by atoms with Crippen LogP contribution in [-0.4, -0.2) is 126 Å². The molecule has 2 atom stereocenters. The van der Waals surface area contributed by atoms with Gasteiger partial charge in [0.05, 0.1) is 22.9 Å². The number of fused-ring (bicyclic) bond motifs is 1. The lowest BCUT2D eigenvalue weighted by Gasteiger charge is -2.43. The van der Waals surface area contributed by atoms with Crippen molar-refractivity contribution in [3.63, 3.8) is 0 Å². The van der Waals surface area contributed by atoms with Crippen LogP contribution < -0.4 is 20.4 Å². The molecule has 4 heterocycles. The smallest absolute Gasteiger partial charge is 0.416 e. The molecule has 5 aromatic rings. The van der Waals surface area contributed by atoms with Crippen LogP contribution in [0.3, 0.4) is 0 Å². The number of rotatable bonds is 11. The van der Waals surface area contributed by atoms with Crippen molar-refractivity contribution in [2.24, 2.45) is 11.8 Å². The molecular weight excluding hydrogens is 788 g/mol. The van der Waals surface area contributed by atoms with Gasteiger partial charge in [0.15, 0.2) is 0 Å². The Balaban J connectivity index is 1.07. The van der Waals surface area contributed by atoms with E-state index in [1.54, 1.807) is 41.3 Å². The molecule has 1 aliphatic carbocycles. The number of nitrogens with one attached hydrogen (secondary N) is 2. The first-order chi connectivity index (χ1) is 28.4. The number of piperazine rings is 2. The number of aliphatic hydroxyl groups is 1. The number of aromatic carboxylic acids is 1. The number of aromatic nitrogens is 5. The zero-order valence-corrected chi connectivity index (χ0v) is 31.9. The lowest BCUT2D eigenvalue weighted by molar-refractivity contribution is -0.149. The first-order valence-electron chi connectivity index (χ1n) is 18.7. The van der Waals surface area contributed by atoms with E-state index in [1.807, 2.05) is 0 Å². The highest BCUT2D eigenvalue weighted by Gasteiger charge is 2.43. The zero-order valence-electron chi connectivity index (χ0n) is 31.1. The highest BCUT2D eigenvalue weighted by Crippen LogP contribution is 2.37. The minimum atomic E-state index is -1.50. The number of carboxylic acids is 1. The number of anilines is 3.